The first-order valence-electron chi connectivity index (χ1n) is 5.22. The van der Waals surface area contributed by atoms with E-state index in [2.05, 4.69) is 21.3 Å². The maximum absolute atomic E-state index is 8.77. The molecular formula is C11H14N4. The van der Waals surface area contributed by atoms with Crippen LogP contribution >= 0.6 is 0 Å². The SMILES string of the molecule is N#Cc1cc(N2CCCNCC2)ccn1. The zero-order chi connectivity index (χ0) is 10.5. The van der Waals surface area contributed by atoms with Gasteiger partial charge in [0.1, 0.15) is 11.8 Å². The molecule has 0 amide bonds. The fraction of sp³-hybridized carbons (Fsp3) is 0.455. The average Bonchev–Trinajstić information content (AvgIpc) is 2.58. The molecule has 0 spiro atoms. The normalized spacial score (nSPS) is 16.9. The number of anilines is 1. The summed E-state index contributed by atoms with van der Waals surface area (Å²) in [7, 11) is 0. The zero-order valence-corrected chi connectivity index (χ0v) is 8.61. The largest absolute Gasteiger partial charge is 0.370 e. The maximum atomic E-state index is 8.77. The van der Waals surface area contributed by atoms with Crippen molar-refractivity contribution in [3.8, 4) is 6.07 Å². The molecule has 2 heterocycles. The van der Waals surface area contributed by atoms with Gasteiger partial charge in [-0.05, 0) is 25.1 Å². The van der Waals surface area contributed by atoms with Crippen LogP contribution in [0, 0.1) is 11.3 Å². The second kappa shape index (κ2) is 4.76. The van der Waals surface area contributed by atoms with Crippen molar-refractivity contribution in [3.63, 3.8) is 0 Å². The molecule has 1 saturated heterocycles. The van der Waals surface area contributed by atoms with Gasteiger partial charge in [0.25, 0.3) is 0 Å². The number of hydrogen-bond acceptors (Lipinski definition) is 4. The number of nitrogens with zero attached hydrogens (tertiary/aromatic N) is 3. The lowest BCUT2D eigenvalue weighted by atomic mass is 10.3. The van der Waals surface area contributed by atoms with E-state index in [0.717, 1.165) is 38.3 Å². The molecule has 1 aromatic rings. The van der Waals surface area contributed by atoms with Crippen molar-refractivity contribution in [2.24, 2.45) is 0 Å². The summed E-state index contributed by atoms with van der Waals surface area (Å²) in [4.78, 5) is 6.27. The van der Waals surface area contributed by atoms with Crippen LogP contribution in [-0.2, 0) is 0 Å². The number of rotatable bonds is 1. The summed E-state index contributed by atoms with van der Waals surface area (Å²) >= 11 is 0. The lowest BCUT2D eigenvalue weighted by molar-refractivity contribution is 0.724. The molecule has 1 N–H and O–H groups in total. The molecule has 0 radical (unpaired) electrons. The monoisotopic (exact) mass is 202 g/mol. The molecule has 4 heteroatoms. The van der Waals surface area contributed by atoms with Crippen LogP contribution in [0.15, 0.2) is 18.3 Å². The minimum atomic E-state index is 0.490. The van der Waals surface area contributed by atoms with Crippen molar-refractivity contribution < 1.29 is 0 Å². The molecule has 0 bridgehead atoms. The van der Waals surface area contributed by atoms with Crippen LogP contribution in [0.1, 0.15) is 12.1 Å². The fourth-order valence-electron chi connectivity index (χ4n) is 1.78. The Morgan fingerprint density at radius 1 is 1.40 bits per heavy atom. The van der Waals surface area contributed by atoms with Gasteiger partial charge < -0.3 is 10.2 Å². The molecule has 0 atom stereocenters. The van der Waals surface area contributed by atoms with Crippen LogP contribution in [0.3, 0.4) is 0 Å². The molecule has 1 aliphatic heterocycles. The second-order valence-electron chi connectivity index (χ2n) is 3.60. The van der Waals surface area contributed by atoms with Gasteiger partial charge in [0.15, 0.2) is 0 Å². The Hall–Kier alpha value is -1.60. The topological polar surface area (TPSA) is 52.0 Å². The van der Waals surface area contributed by atoms with Gasteiger partial charge in [-0.1, -0.05) is 0 Å². The molecule has 78 valence electrons. The van der Waals surface area contributed by atoms with Crippen LogP contribution in [0.5, 0.6) is 0 Å². The summed E-state index contributed by atoms with van der Waals surface area (Å²) < 4.78 is 0. The molecule has 4 nitrogen and oxygen atoms in total. The van der Waals surface area contributed by atoms with Crippen LogP contribution in [-0.4, -0.2) is 31.2 Å². The standard InChI is InChI=1S/C11H14N4/c12-9-10-8-11(2-4-14-10)15-6-1-3-13-5-7-15/h2,4,8,13H,1,3,5-7H2. The lowest BCUT2D eigenvalue weighted by Gasteiger charge is -2.21. The predicted octanol–water partition coefficient (Wildman–Crippen LogP) is 0.753. The third kappa shape index (κ3) is 2.45. The Kier molecular flexibility index (Phi) is 3.15. The quantitative estimate of drug-likeness (QED) is 0.730. The number of nitrogens with one attached hydrogen (secondary N) is 1. The summed E-state index contributed by atoms with van der Waals surface area (Å²) in [6.45, 7) is 4.12. The molecule has 0 aliphatic carbocycles. The van der Waals surface area contributed by atoms with Gasteiger partial charge in [-0.15, -0.1) is 0 Å². The van der Waals surface area contributed by atoms with Gasteiger partial charge in [0.2, 0.25) is 0 Å². The smallest absolute Gasteiger partial charge is 0.142 e. The van der Waals surface area contributed by atoms with E-state index in [1.807, 2.05) is 12.1 Å². The van der Waals surface area contributed by atoms with Gasteiger partial charge in [-0.3, -0.25) is 0 Å². The molecule has 1 fully saturated rings. The van der Waals surface area contributed by atoms with E-state index in [4.69, 9.17) is 5.26 Å². The number of nitriles is 1. The average molecular weight is 202 g/mol. The number of hydrogen-bond donors (Lipinski definition) is 1. The van der Waals surface area contributed by atoms with E-state index in [-0.39, 0.29) is 0 Å². The van der Waals surface area contributed by atoms with Crippen molar-refractivity contribution in [2.75, 3.05) is 31.1 Å². The number of aromatic nitrogens is 1. The van der Waals surface area contributed by atoms with Crippen molar-refractivity contribution >= 4 is 5.69 Å². The zero-order valence-electron chi connectivity index (χ0n) is 8.61. The molecule has 15 heavy (non-hydrogen) atoms. The Morgan fingerprint density at radius 3 is 3.20 bits per heavy atom. The third-order valence-corrected chi connectivity index (χ3v) is 2.56. The van der Waals surface area contributed by atoms with Gasteiger partial charge in [-0.25, -0.2) is 4.98 Å². The van der Waals surface area contributed by atoms with Crippen molar-refractivity contribution in [3.05, 3.63) is 24.0 Å². The Labute approximate surface area is 89.5 Å². The lowest BCUT2D eigenvalue weighted by Crippen LogP contribution is -2.27. The van der Waals surface area contributed by atoms with Gasteiger partial charge in [0, 0.05) is 31.5 Å². The summed E-state index contributed by atoms with van der Waals surface area (Å²) in [6.07, 6.45) is 2.84. The first-order chi connectivity index (χ1) is 7.40. The first-order valence-corrected chi connectivity index (χ1v) is 5.22. The predicted molar refractivity (Wildman–Crippen MR) is 58.7 cm³/mol. The van der Waals surface area contributed by atoms with E-state index in [1.165, 1.54) is 0 Å². The van der Waals surface area contributed by atoms with Crippen LogP contribution < -0.4 is 10.2 Å². The molecule has 2 rings (SSSR count). The summed E-state index contributed by atoms with van der Waals surface area (Å²) in [5.74, 6) is 0. The number of pyridine rings is 1. The summed E-state index contributed by atoms with van der Waals surface area (Å²) in [5.41, 5.74) is 1.59. The van der Waals surface area contributed by atoms with Crippen molar-refractivity contribution in [2.45, 2.75) is 6.42 Å². The van der Waals surface area contributed by atoms with E-state index in [0.29, 0.717) is 5.69 Å². The first kappa shape index (κ1) is 9.94. The molecule has 0 aromatic carbocycles. The maximum Gasteiger partial charge on any atom is 0.142 e. The van der Waals surface area contributed by atoms with Gasteiger partial charge in [0.05, 0.1) is 0 Å². The Morgan fingerprint density at radius 2 is 2.33 bits per heavy atom. The van der Waals surface area contributed by atoms with E-state index in [9.17, 15) is 0 Å². The minimum absolute atomic E-state index is 0.490. The highest BCUT2D eigenvalue weighted by Gasteiger charge is 2.09. The van der Waals surface area contributed by atoms with Crippen LogP contribution in [0.4, 0.5) is 5.69 Å². The molecule has 1 aliphatic rings. The van der Waals surface area contributed by atoms with Crippen molar-refractivity contribution in [1.82, 2.24) is 10.3 Å². The van der Waals surface area contributed by atoms with Crippen LogP contribution in [0.2, 0.25) is 0 Å². The van der Waals surface area contributed by atoms with E-state index in [1.54, 1.807) is 6.20 Å². The molecule has 1 aromatic heterocycles. The Balaban J connectivity index is 2.16. The second-order valence-corrected chi connectivity index (χ2v) is 3.60. The minimum Gasteiger partial charge on any atom is -0.370 e. The fourth-order valence-corrected chi connectivity index (χ4v) is 1.78. The van der Waals surface area contributed by atoms with Gasteiger partial charge in [-0.2, -0.15) is 5.26 Å². The van der Waals surface area contributed by atoms with Crippen LogP contribution in [0.25, 0.3) is 0 Å². The highest BCUT2D eigenvalue weighted by atomic mass is 15.2. The molecule has 0 unspecified atom stereocenters. The van der Waals surface area contributed by atoms with E-state index < -0.39 is 0 Å². The van der Waals surface area contributed by atoms with Crippen molar-refractivity contribution in [1.29, 1.82) is 5.26 Å². The summed E-state index contributed by atoms with van der Waals surface area (Å²) in [6, 6.07) is 5.89. The van der Waals surface area contributed by atoms with Gasteiger partial charge >= 0.3 is 0 Å². The Bertz CT molecular complexity index is 361. The highest BCUT2D eigenvalue weighted by molar-refractivity contribution is 5.48. The molecular weight excluding hydrogens is 188 g/mol. The third-order valence-electron chi connectivity index (χ3n) is 2.56. The highest BCUT2D eigenvalue weighted by Crippen LogP contribution is 2.14. The molecule has 0 saturated carbocycles. The van der Waals surface area contributed by atoms with E-state index >= 15 is 0 Å². The summed E-state index contributed by atoms with van der Waals surface area (Å²) in [5, 5.41) is 12.1.